The van der Waals surface area contributed by atoms with E-state index in [4.69, 9.17) is 4.74 Å². The van der Waals surface area contributed by atoms with Crippen molar-refractivity contribution in [2.24, 2.45) is 0 Å². The summed E-state index contributed by atoms with van der Waals surface area (Å²) in [6.07, 6.45) is -3.91. The molecule has 0 bridgehead atoms. The van der Waals surface area contributed by atoms with Crippen LogP contribution in [0.15, 0.2) is 42.5 Å². The molecular formula is C20H20F3NO3. The van der Waals surface area contributed by atoms with E-state index < -0.39 is 11.7 Å². The van der Waals surface area contributed by atoms with Crippen molar-refractivity contribution < 1.29 is 27.5 Å². The van der Waals surface area contributed by atoms with Crippen LogP contribution in [0.3, 0.4) is 0 Å². The van der Waals surface area contributed by atoms with Gasteiger partial charge in [0.15, 0.2) is 5.78 Å². The third-order valence-electron chi connectivity index (χ3n) is 4.06. The van der Waals surface area contributed by atoms with E-state index in [0.717, 1.165) is 12.1 Å². The molecule has 0 radical (unpaired) electrons. The van der Waals surface area contributed by atoms with Gasteiger partial charge in [0.05, 0.1) is 19.1 Å². The molecule has 0 saturated carbocycles. The summed E-state index contributed by atoms with van der Waals surface area (Å²) in [5.41, 5.74) is 1.08. The minimum Gasteiger partial charge on any atom is -0.496 e. The van der Waals surface area contributed by atoms with Crippen LogP contribution >= 0.6 is 0 Å². The van der Waals surface area contributed by atoms with Gasteiger partial charge in [-0.1, -0.05) is 12.1 Å². The lowest BCUT2D eigenvalue weighted by Gasteiger charge is -2.11. The summed E-state index contributed by atoms with van der Waals surface area (Å²) in [6.45, 7) is 1.73. The number of methoxy groups -OCH3 is 1. The fourth-order valence-corrected chi connectivity index (χ4v) is 2.58. The molecule has 0 unspecified atom stereocenters. The summed E-state index contributed by atoms with van der Waals surface area (Å²) in [5, 5.41) is 2.72. The van der Waals surface area contributed by atoms with Crippen LogP contribution in [-0.4, -0.2) is 25.3 Å². The van der Waals surface area contributed by atoms with Crippen molar-refractivity contribution in [1.82, 2.24) is 5.32 Å². The highest BCUT2D eigenvalue weighted by atomic mass is 19.4. The Morgan fingerprint density at radius 3 is 2.30 bits per heavy atom. The van der Waals surface area contributed by atoms with Gasteiger partial charge in [-0.3, -0.25) is 9.59 Å². The molecule has 0 aliphatic heterocycles. The van der Waals surface area contributed by atoms with E-state index in [2.05, 4.69) is 5.32 Å². The van der Waals surface area contributed by atoms with Gasteiger partial charge < -0.3 is 10.1 Å². The van der Waals surface area contributed by atoms with Gasteiger partial charge in [0, 0.05) is 17.7 Å². The second kappa shape index (κ2) is 8.70. The molecule has 0 fully saturated rings. The van der Waals surface area contributed by atoms with Crippen LogP contribution in [-0.2, 0) is 23.8 Å². The summed E-state index contributed by atoms with van der Waals surface area (Å²) in [7, 11) is 1.48. The van der Waals surface area contributed by atoms with Crippen molar-refractivity contribution in [3.05, 3.63) is 64.7 Å². The lowest BCUT2D eigenvalue weighted by Crippen LogP contribution is -2.27. The fourth-order valence-electron chi connectivity index (χ4n) is 2.58. The molecule has 2 aromatic rings. The van der Waals surface area contributed by atoms with E-state index in [0.29, 0.717) is 35.4 Å². The molecular weight excluding hydrogens is 359 g/mol. The lowest BCUT2D eigenvalue weighted by molar-refractivity contribution is -0.137. The van der Waals surface area contributed by atoms with Gasteiger partial charge in [-0.25, -0.2) is 0 Å². The predicted molar refractivity (Wildman–Crippen MR) is 94.9 cm³/mol. The number of Topliss-reactive ketones (excluding diaryl/α,β-unsaturated/α-hetero) is 1. The standard InChI is InChI=1S/C20H20F3NO3/c1-13(25)15-5-8-18(27-2)16(11-15)12-19(26)24-10-9-14-3-6-17(7-4-14)20(21,22)23/h3-8,11H,9-10,12H2,1-2H3,(H,24,26). The summed E-state index contributed by atoms with van der Waals surface area (Å²) < 4.78 is 42.8. The van der Waals surface area contributed by atoms with Crippen LogP contribution < -0.4 is 10.1 Å². The Morgan fingerprint density at radius 1 is 1.07 bits per heavy atom. The molecule has 0 heterocycles. The molecule has 2 rings (SSSR count). The second-order valence-electron chi connectivity index (χ2n) is 6.05. The molecule has 0 aliphatic rings. The molecule has 1 amide bonds. The van der Waals surface area contributed by atoms with Crippen LogP contribution in [0.25, 0.3) is 0 Å². The summed E-state index contributed by atoms with van der Waals surface area (Å²) in [6, 6.07) is 9.73. The summed E-state index contributed by atoms with van der Waals surface area (Å²) >= 11 is 0. The molecule has 0 spiro atoms. The van der Waals surface area contributed by atoms with E-state index in [1.54, 1.807) is 18.2 Å². The zero-order chi connectivity index (χ0) is 20.0. The zero-order valence-corrected chi connectivity index (χ0v) is 15.0. The Kier molecular flexibility index (Phi) is 6.60. The summed E-state index contributed by atoms with van der Waals surface area (Å²) in [5.74, 6) is 0.139. The molecule has 1 N–H and O–H groups in total. The number of hydrogen-bond acceptors (Lipinski definition) is 3. The number of ether oxygens (including phenoxy) is 1. The first-order valence-corrected chi connectivity index (χ1v) is 8.31. The molecule has 2 aromatic carbocycles. The number of benzene rings is 2. The highest BCUT2D eigenvalue weighted by Crippen LogP contribution is 2.29. The average molecular weight is 379 g/mol. The fraction of sp³-hybridized carbons (Fsp3) is 0.300. The zero-order valence-electron chi connectivity index (χ0n) is 15.0. The van der Waals surface area contributed by atoms with Crippen LogP contribution in [0.4, 0.5) is 13.2 Å². The first kappa shape index (κ1) is 20.5. The molecule has 7 heteroatoms. The van der Waals surface area contributed by atoms with Gasteiger partial charge in [0.25, 0.3) is 0 Å². The minimum absolute atomic E-state index is 0.0390. The Balaban J connectivity index is 1.91. The minimum atomic E-state index is -4.36. The SMILES string of the molecule is COc1ccc(C(C)=O)cc1CC(=O)NCCc1ccc(C(F)(F)F)cc1. The highest BCUT2D eigenvalue weighted by Gasteiger charge is 2.29. The third-order valence-corrected chi connectivity index (χ3v) is 4.06. The Hall–Kier alpha value is -2.83. The topological polar surface area (TPSA) is 55.4 Å². The van der Waals surface area contributed by atoms with Crippen LogP contribution in [0.5, 0.6) is 5.75 Å². The number of ketones is 1. The van der Waals surface area contributed by atoms with E-state index >= 15 is 0 Å². The largest absolute Gasteiger partial charge is 0.496 e. The number of rotatable bonds is 7. The van der Waals surface area contributed by atoms with Gasteiger partial charge in [0.2, 0.25) is 5.91 Å². The van der Waals surface area contributed by atoms with Gasteiger partial charge in [-0.15, -0.1) is 0 Å². The maximum atomic E-state index is 12.5. The van der Waals surface area contributed by atoms with Crippen molar-refractivity contribution in [1.29, 1.82) is 0 Å². The molecule has 144 valence electrons. The maximum absolute atomic E-state index is 12.5. The van der Waals surface area contributed by atoms with Crippen molar-refractivity contribution in [2.75, 3.05) is 13.7 Å². The van der Waals surface area contributed by atoms with Crippen molar-refractivity contribution >= 4 is 11.7 Å². The van der Waals surface area contributed by atoms with Gasteiger partial charge in [-0.2, -0.15) is 13.2 Å². The predicted octanol–water partition coefficient (Wildman–Crippen LogP) is 3.82. The van der Waals surface area contributed by atoms with Gasteiger partial charge in [0.1, 0.15) is 5.75 Å². The van der Waals surface area contributed by atoms with E-state index in [-0.39, 0.29) is 18.1 Å². The number of nitrogens with one attached hydrogen (secondary N) is 1. The van der Waals surface area contributed by atoms with E-state index in [9.17, 15) is 22.8 Å². The van der Waals surface area contributed by atoms with Crippen LogP contribution in [0, 0.1) is 0 Å². The molecule has 27 heavy (non-hydrogen) atoms. The van der Waals surface area contributed by atoms with E-state index in [1.165, 1.54) is 26.2 Å². The van der Waals surface area contributed by atoms with Crippen LogP contribution in [0.2, 0.25) is 0 Å². The first-order chi connectivity index (χ1) is 12.7. The Bertz CT molecular complexity index is 814. The van der Waals surface area contributed by atoms with Crippen LogP contribution in [0.1, 0.15) is 34.0 Å². The van der Waals surface area contributed by atoms with Gasteiger partial charge >= 0.3 is 6.18 Å². The molecule has 4 nitrogen and oxygen atoms in total. The number of amides is 1. The maximum Gasteiger partial charge on any atom is 0.416 e. The number of carbonyl (C=O) groups is 2. The normalized spacial score (nSPS) is 11.1. The molecule has 0 aromatic heterocycles. The average Bonchev–Trinajstić information content (AvgIpc) is 2.61. The molecule has 0 atom stereocenters. The monoisotopic (exact) mass is 379 g/mol. The Labute approximate surface area is 155 Å². The molecule has 0 aliphatic carbocycles. The number of halogens is 3. The van der Waals surface area contributed by atoms with Crippen molar-refractivity contribution in [2.45, 2.75) is 25.9 Å². The number of carbonyl (C=O) groups excluding carboxylic acids is 2. The Morgan fingerprint density at radius 2 is 1.74 bits per heavy atom. The number of hydrogen-bond donors (Lipinski definition) is 1. The van der Waals surface area contributed by atoms with Crippen molar-refractivity contribution in [3.63, 3.8) is 0 Å². The number of alkyl halides is 3. The summed E-state index contributed by atoms with van der Waals surface area (Å²) in [4.78, 5) is 23.6. The first-order valence-electron chi connectivity index (χ1n) is 8.31. The van der Waals surface area contributed by atoms with E-state index in [1.807, 2.05) is 0 Å². The highest BCUT2D eigenvalue weighted by molar-refractivity contribution is 5.94. The lowest BCUT2D eigenvalue weighted by atomic mass is 10.0. The molecule has 0 saturated heterocycles. The second-order valence-corrected chi connectivity index (χ2v) is 6.05. The quantitative estimate of drug-likeness (QED) is 0.744. The van der Waals surface area contributed by atoms with Gasteiger partial charge in [-0.05, 0) is 49.2 Å². The smallest absolute Gasteiger partial charge is 0.416 e. The van der Waals surface area contributed by atoms with Crippen molar-refractivity contribution in [3.8, 4) is 5.75 Å². The third kappa shape index (κ3) is 5.84.